The van der Waals surface area contributed by atoms with Gasteiger partial charge in [0.15, 0.2) is 0 Å². The maximum Gasteiger partial charge on any atom is 0.416 e. The molecule has 3 aromatic carbocycles. The molecule has 36 heavy (non-hydrogen) atoms. The first-order chi connectivity index (χ1) is 17.3. The van der Waals surface area contributed by atoms with E-state index in [4.69, 9.17) is 0 Å². The number of nitrogens with zero attached hydrogens (tertiary/aromatic N) is 2. The van der Waals surface area contributed by atoms with Crippen LogP contribution < -0.4 is 5.32 Å². The number of nitrogens with one attached hydrogen (secondary N) is 1. The summed E-state index contributed by atoms with van der Waals surface area (Å²) in [5.41, 5.74) is 2.71. The Hall–Kier alpha value is -3.71. The average molecular weight is 490 g/mol. The second kappa shape index (κ2) is 9.74. The molecule has 4 aromatic rings. The van der Waals surface area contributed by atoms with E-state index in [1.807, 2.05) is 42.2 Å². The van der Waals surface area contributed by atoms with Crippen molar-refractivity contribution in [1.29, 1.82) is 0 Å². The number of carbonyl (C=O) groups excluding carboxylic acids is 1. The van der Waals surface area contributed by atoms with Crippen LogP contribution in [0.4, 0.5) is 18.9 Å². The summed E-state index contributed by atoms with van der Waals surface area (Å²) in [4.78, 5) is 19.4. The van der Waals surface area contributed by atoms with Crippen LogP contribution in [-0.2, 0) is 12.7 Å². The van der Waals surface area contributed by atoms with Gasteiger partial charge in [0.05, 0.1) is 5.56 Å². The molecule has 0 spiro atoms. The summed E-state index contributed by atoms with van der Waals surface area (Å²) < 4.78 is 41.5. The van der Waals surface area contributed by atoms with Crippen LogP contribution in [0.3, 0.4) is 0 Å². The number of benzene rings is 3. The topological polar surface area (TPSA) is 45.2 Å². The zero-order valence-corrected chi connectivity index (χ0v) is 19.9. The minimum atomic E-state index is -4.51. The van der Waals surface area contributed by atoms with Crippen molar-refractivity contribution in [3.63, 3.8) is 0 Å². The van der Waals surface area contributed by atoms with Crippen LogP contribution in [0.5, 0.6) is 0 Å². The molecule has 0 bridgehead atoms. The first-order valence-corrected chi connectivity index (χ1v) is 12.0. The maximum absolute atomic E-state index is 13.8. The third-order valence-electron chi connectivity index (χ3n) is 6.72. The largest absolute Gasteiger partial charge is 0.416 e. The van der Waals surface area contributed by atoms with Gasteiger partial charge in [-0.15, -0.1) is 0 Å². The van der Waals surface area contributed by atoms with Gasteiger partial charge in [-0.3, -0.25) is 14.7 Å². The van der Waals surface area contributed by atoms with Crippen molar-refractivity contribution >= 4 is 22.4 Å². The van der Waals surface area contributed by atoms with Crippen molar-refractivity contribution in [3.05, 3.63) is 95.3 Å². The third-order valence-corrected chi connectivity index (χ3v) is 6.72. The summed E-state index contributed by atoms with van der Waals surface area (Å²) >= 11 is 0. The van der Waals surface area contributed by atoms with Crippen molar-refractivity contribution < 1.29 is 18.0 Å². The fraction of sp³-hybridized carbons (Fsp3) is 0.241. The fourth-order valence-corrected chi connectivity index (χ4v) is 4.83. The molecule has 1 aromatic heterocycles. The molecule has 0 atom stereocenters. The Morgan fingerprint density at radius 2 is 1.75 bits per heavy atom. The van der Waals surface area contributed by atoms with E-state index in [2.05, 4.69) is 10.3 Å². The summed E-state index contributed by atoms with van der Waals surface area (Å²) in [5, 5.41) is 4.65. The molecule has 4 nitrogen and oxygen atoms in total. The Bertz CT molecular complexity index is 1420. The highest BCUT2D eigenvalue weighted by atomic mass is 19.4. The zero-order valence-electron chi connectivity index (χ0n) is 19.9. The Morgan fingerprint density at radius 3 is 2.53 bits per heavy atom. The van der Waals surface area contributed by atoms with Gasteiger partial charge in [-0.05, 0) is 79.2 Å². The molecular weight excluding hydrogens is 463 g/mol. The number of aryl methyl sites for hydroxylation is 1. The van der Waals surface area contributed by atoms with Crippen LogP contribution in [0, 0.1) is 6.92 Å². The van der Waals surface area contributed by atoms with Crippen molar-refractivity contribution in [2.24, 2.45) is 0 Å². The Labute approximate surface area is 207 Å². The summed E-state index contributed by atoms with van der Waals surface area (Å²) in [6.07, 6.45) is 1.05. The second-order valence-corrected chi connectivity index (χ2v) is 9.24. The predicted molar refractivity (Wildman–Crippen MR) is 136 cm³/mol. The molecule has 0 radical (unpaired) electrons. The van der Waals surface area contributed by atoms with Crippen molar-refractivity contribution in [2.45, 2.75) is 32.5 Å². The summed E-state index contributed by atoms with van der Waals surface area (Å²) in [6, 6.07) is 17.2. The molecule has 2 heterocycles. The fourth-order valence-electron chi connectivity index (χ4n) is 4.83. The van der Waals surface area contributed by atoms with Crippen LogP contribution in [0.25, 0.3) is 21.9 Å². The SMILES string of the molecule is Cc1ccc(C(=O)Nc2ccc(CN3CCCC3)c(C(F)(F)F)c2)cc1-c1cncc2ccccc12. The zero-order chi connectivity index (χ0) is 25.3. The summed E-state index contributed by atoms with van der Waals surface area (Å²) in [6.45, 7) is 3.81. The number of anilines is 1. The van der Waals surface area contributed by atoms with Gasteiger partial charge in [0.25, 0.3) is 5.91 Å². The Morgan fingerprint density at radius 1 is 0.972 bits per heavy atom. The highest BCUT2D eigenvalue weighted by Crippen LogP contribution is 2.35. The van der Waals surface area contributed by atoms with Gasteiger partial charge in [-0.25, -0.2) is 0 Å². The lowest BCUT2D eigenvalue weighted by Crippen LogP contribution is -2.21. The molecule has 1 fully saturated rings. The van der Waals surface area contributed by atoms with Gasteiger partial charge >= 0.3 is 6.18 Å². The number of carbonyl (C=O) groups is 1. The average Bonchev–Trinajstić information content (AvgIpc) is 3.37. The van der Waals surface area contributed by atoms with Gasteiger partial charge in [0, 0.05) is 41.1 Å². The van der Waals surface area contributed by atoms with E-state index < -0.39 is 17.6 Å². The number of fused-ring (bicyclic) bond motifs is 1. The molecule has 184 valence electrons. The van der Waals surface area contributed by atoms with Gasteiger partial charge < -0.3 is 5.32 Å². The Kier molecular flexibility index (Phi) is 6.49. The molecule has 1 aliphatic rings. The number of pyridine rings is 1. The van der Waals surface area contributed by atoms with Crippen molar-refractivity contribution in [3.8, 4) is 11.1 Å². The van der Waals surface area contributed by atoms with Crippen LogP contribution in [0.15, 0.2) is 73.1 Å². The molecule has 1 aliphatic heterocycles. The lowest BCUT2D eigenvalue weighted by atomic mass is 9.95. The minimum Gasteiger partial charge on any atom is -0.322 e. The van der Waals surface area contributed by atoms with Crippen molar-refractivity contribution in [1.82, 2.24) is 9.88 Å². The van der Waals surface area contributed by atoms with Gasteiger partial charge in [0.2, 0.25) is 0 Å². The number of hydrogen-bond acceptors (Lipinski definition) is 3. The van der Waals surface area contributed by atoms with E-state index in [0.717, 1.165) is 59.5 Å². The summed E-state index contributed by atoms with van der Waals surface area (Å²) in [7, 11) is 0. The van der Waals surface area contributed by atoms with E-state index in [1.165, 1.54) is 6.07 Å². The van der Waals surface area contributed by atoms with E-state index in [0.29, 0.717) is 5.56 Å². The van der Waals surface area contributed by atoms with Crippen molar-refractivity contribution in [2.75, 3.05) is 18.4 Å². The molecule has 0 unspecified atom stereocenters. The molecule has 0 aliphatic carbocycles. The lowest BCUT2D eigenvalue weighted by Gasteiger charge is -2.20. The molecule has 7 heteroatoms. The minimum absolute atomic E-state index is 0.117. The molecule has 5 rings (SSSR count). The first kappa shape index (κ1) is 24.0. The van der Waals surface area contributed by atoms with E-state index >= 15 is 0 Å². The number of likely N-dealkylation sites (tertiary alicyclic amines) is 1. The van der Waals surface area contributed by atoms with Gasteiger partial charge in [-0.2, -0.15) is 13.2 Å². The standard InChI is InChI=1S/C29H26F3N3O/c1-19-8-9-20(14-25(19)26-17-33-16-21-6-2-3-7-24(21)26)28(36)34-23-11-10-22(18-35-12-4-5-13-35)27(15-23)29(30,31)32/h2-3,6-11,14-17H,4-5,12-13,18H2,1H3,(H,34,36). The van der Waals surface area contributed by atoms with Gasteiger partial charge in [-0.1, -0.05) is 36.4 Å². The summed E-state index contributed by atoms with van der Waals surface area (Å²) in [5.74, 6) is -0.468. The van der Waals surface area contributed by atoms with Crippen LogP contribution in [0.2, 0.25) is 0 Å². The molecule has 1 N–H and O–H groups in total. The number of hydrogen-bond donors (Lipinski definition) is 1. The predicted octanol–water partition coefficient (Wildman–Crippen LogP) is 7.08. The molecule has 1 saturated heterocycles. The molecular formula is C29H26F3N3O. The third kappa shape index (κ3) is 4.97. The molecule has 0 saturated carbocycles. The quantitative estimate of drug-likeness (QED) is 0.326. The van der Waals surface area contributed by atoms with Crippen LogP contribution >= 0.6 is 0 Å². The highest BCUT2D eigenvalue weighted by molar-refractivity contribution is 6.06. The number of aromatic nitrogens is 1. The Balaban J connectivity index is 1.43. The van der Waals surface area contributed by atoms with E-state index in [-0.39, 0.29) is 17.8 Å². The number of rotatable bonds is 5. The number of halogens is 3. The number of alkyl halides is 3. The second-order valence-electron chi connectivity index (χ2n) is 9.24. The first-order valence-electron chi connectivity index (χ1n) is 12.0. The van der Waals surface area contributed by atoms with Crippen LogP contribution in [0.1, 0.15) is 39.9 Å². The highest BCUT2D eigenvalue weighted by Gasteiger charge is 2.34. The van der Waals surface area contributed by atoms with E-state index in [9.17, 15) is 18.0 Å². The van der Waals surface area contributed by atoms with E-state index in [1.54, 1.807) is 30.6 Å². The maximum atomic E-state index is 13.8. The monoisotopic (exact) mass is 489 g/mol. The lowest BCUT2D eigenvalue weighted by molar-refractivity contribution is -0.138. The smallest absolute Gasteiger partial charge is 0.322 e. The normalized spacial score (nSPS) is 14.3. The molecule has 1 amide bonds. The van der Waals surface area contributed by atoms with Crippen LogP contribution in [-0.4, -0.2) is 28.9 Å². The van der Waals surface area contributed by atoms with Gasteiger partial charge in [0.1, 0.15) is 0 Å². The number of amides is 1.